The van der Waals surface area contributed by atoms with E-state index in [1.807, 2.05) is 36.4 Å². The molecule has 0 aliphatic carbocycles. The van der Waals surface area contributed by atoms with E-state index in [4.69, 9.17) is 9.16 Å². The van der Waals surface area contributed by atoms with Crippen LogP contribution in [0.3, 0.4) is 0 Å². The van der Waals surface area contributed by atoms with E-state index in [1.165, 1.54) is 6.07 Å². The van der Waals surface area contributed by atoms with Gasteiger partial charge in [-0.2, -0.15) is 4.39 Å². The van der Waals surface area contributed by atoms with E-state index < -0.39 is 24.7 Å². The lowest BCUT2D eigenvalue weighted by Gasteiger charge is -2.43. The molecule has 0 unspecified atom stereocenters. The summed E-state index contributed by atoms with van der Waals surface area (Å²) >= 11 is 0. The van der Waals surface area contributed by atoms with Crippen molar-refractivity contribution in [1.82, 2.24) is 0 Å². The molecule has 0 aliphatic heterocycles. The first kappa shape index (κ1) is 22.6. The fourth-order valence-electron chi connectivity index (χ4n) is 3.84. The van der Waals surface area contributed by atoms with Crippen molar-refractivity contribution < 1.29 is 18.5 Å². The average molecular weight is 440 g/mol. The molecule has 3 aromatic rings. The van der Waals surface area contributed by atoms with Gasteiger partial charge < -0.3 is 9.16 Å². The molecule has 0 bridgehead atoms. The molecule has 0 saturated heterocycles. The number of halogens is 1. The molecule has 3 aromatic carbocycles. The summed E-state index contributed by atoms with van der Waals surface area (Å²) in [7, 11) is -2.67. The first-order valence-corrected chi connectivity index (χ1v) is 12.0. The topological polar surface area (TPSA) is 61.6 Å². The number of nitro benzene ring substituents is 1. The lowest BCUT2D eigenvalue weighted by atomic mass is 10.2. The summed E-state index contributed by atoms with van der Waals surface area (Å²) in [6.45, 7) is 7.03. The number of hydrogen-bond donors (Lipinski definition) is 0. The summed E-state index contributed by atoms with van der Waals surface area (Å²) in [6, 6.07) is 24.0. The zero-order valence-electron chi connectivity index (χ0n) is 17.9. The first-order chi connectivity index (χ1) is 14.8. The van der Waals surface area contributed by atoms with E-state index in [-0.39, 0.29) is 17.4 Å². The van der Waals surface area contributed by atoms with Gasteiger partial charge in [-0.15, -0.1) is 0 Å². The van der Waals surface area contributed by atoms with Crippen LogP contribution in [0, 0.1) is 15.9 Å². The summed E-state index contributed by atoms with van der Waals surface area (Å²) < 4.78 is 25.9. The van der Waals surface area contributed by atoms with E-state index in [9.17, 15) is 14.5 Å². The highest BCUT2D eigenvalue weighted by Crippen LogP contribution is 2.36. The van der Waals surface area contributed by atoms with Crippen molar-refractivity contribution in [1.29, 1.82) is 0 Å². The quantitative estimate of drug-likeness (QED) is 0.221. The van der Waals surface area contributed by atoms with Crippen molar-refractivity contribution in [2.75, 3.05) is 13.2 Å². The fraction of sp³-hybridized carbons (Fsp3) is 0.250. The molecule has 0 amide bonds. The second-order valence-corrected chi connectivity index (χ2v) is 12.5. The van der Waals surface area contributed by atoms with Crippen LogP contribution >= 0.6 is 0 Å². The fourth-order valence-corrected chi connectivity index (χ4v) is 8.38. The number of nitrogens with zero attached hydrogens (tertiary/aromatic N) is 1. The normalized spacial score (nSPS) is 11.9. The van der Waals surface area contributed by atoms with E-state index in [2.05, 4.69) is 45.0 Å². The van der Waals surface area contributed by atoms with Crippen LogP contribution in [-0.4, -0.2) is 26.5 Å². The minimum Gasteiger partial charge on any atom is -0.491 e. The summed E-state index contributed by atoms with van der Waals surface area (Å²) in [4.78, 5) is 10.2. The highest BCUT2D eigenvalue weighted by molar-refractivity contribution is 6.99. The van der Waals surface area contributed by atoms with Crippen LogP contribution in [0.25, 0.3) is 0 Å². The molecular weight excluding hydrogens is 413 g/mol. The highest BCUT2D eigenvalue weighted by atomic mass is 28.4. The minimum atomic E-state index is -2.67. The molecule has 0 saturated carbocycles. The molecule has 0 radical (unpaired) electrons. The lowest BCUT2D eigenvalue weighted by Crippen LogP contribution is -2.66. The Morgan fingerprint density at radius 1 is 0.903 bits per heavy atom. The Labute approximate surface area is 182 Å². The maximum absolute atomic E-state index is 13.6. The number of ether oxygens (including phenoxy) is 1. The van der Waals surface area contributed by atoms with Crippen molar-refractivity contribution in [3.63, 3.8) is 0 Å². The van der Waals surface area contributed by atoms with Gasteiger partial charge in [-0.3, -0.25) is 10.1 Å². The van der Waals surface area contributed by atoms with Crippen molar-refractivity contribution in [3.8, 4) is 5.75 Å². The van der Waals surface area contributed by atoms with Gasteiger partial charge in [0.05, 0.1) is 17.6 Å². The monoisotopic (exact) mass is 439 g/mol. The molecule has 3 rings (SSSR count). The molecule has 31 heavy (non-hydrogen) atoms. The molecule has 0 fully saturated rings. The van der Waals surface area contributed by atoms with Crippen LogP contribution < -0.4 is 15.1 Å². The maximum atomic E-state index is 13.6. The van der Waals surface area contributed by atoms with Crippen molar-refractivity contribution >= 4 is 24.4 Å². The number of benzene rings is 3. The van der Waals surface area contributed by atoms with Crippen molar-refractivity contribution in [2.24, 2.45) is 0 Å². The SMILES string of the molecule is CC(C)(C)[Si](OCCOc1ccc(F)c([N+](=O)[O-])c1)(c1ccccc1)c1ccccc1. The predicted molar refractivity (Wildman–Crippen MR) is 122 cm³/mol. The molecule has 0 spiro atoms. The summed E-state index contributed by atoms with van der Waals surface area (Å²) in [5.41, 5.74) is -0.606. The predicted octanol–water partition coefficient (Wildman–Crippen LogP) is 4.69. The van der Waals surface area contributed by atoms with Crippen LogP contribution in [0.15, 0.2) is 78.9 Å². The minimum absolute atomic E-state index is 0.162. The standard InChI is InChI=1S/C24H26FNO4Si/c1-24(2,3)31(20-10-6-4-7-11-20,21-12-8-5-9-13-21)30-17-16-29-19-14-15-22(25)23(18-19)26(27)28/h4-15,18H,16-17H2,1-3H3. The van der Waals surface area contributed by atoms with Gasteiger partial charge in [0, 0.05) is 0 Å². The summed E-state index contributed by atoms with van der Waals surface area (Å²) in [6.07, 6.45) is 0. The number of nitro groups is 1. The second-order valence-electron chi connectivity index (χ2n) is 8.23. The Kier molecular flexibility index (Phi) is 6.87. The van der Waals surface area contributed by atoms with E-state index in [1.54, 1.807) is 0 Å². The summed E-state index contributed by atoms with van der Waals surface area (Å²) in [5, 5.41) is 13.1. The second kappa shape index (κ2) is 9.41. The smallest absolute Gasteiger partial charge is 0.308 e. The molecule has 162 valence electrons. The van der Waals surface area contributed by atoms with Crippen LogP contribution in [0.1, 0.15) is 20.8 Å². The Morgan fingerprint density at radius 3 is 1.94 bits per heavy atom. The van der Waals surface area contributed by atoms with Gasteiger partial charge in [-0.1, -0.05) is 81.4 Å². The highest BCUT2D eigenvalue weighted by Gasteiger charge is 2.50. The number of hydrogen-bond acceptors (Lipinski definition) is 4. The van der Waals surface area contributed by atoms with E-state index in [0.29, 0.717) is 6.61 Å². The van der Waals surface area contributed by atoms with Gasteiger partial charge in [0.1, 0.15) is 12.4 Å². The maximum Gasteiger partial charge on any atom is 0.308 e. The Balaban J connectivity index is 1.85. The third-order valence-electron chi connectivity index (χ3n) is 5.20. The molecule has 0 N–H and O–H groups in total. The van der Waals surface area contributed by atoms with Crippen molar-refractivity contribution in [3.05, 3.63) is 94.8 Å². The van der Waals surface area contributed by atoms with Gasteiger partial charge in [0.2, 0.25) is 5.82 Å². The first-order valence-electron chi connectivity index (χ1n) is 10.1. The molecular formula is C24H26FNO4Si. The Bertz CT molecular complexity index is 983. The Hall–Kier alpha value is -3.03. The van der Waals surface area contributed by atoms with Gasteiger partial charge in [-0.05, 0) is 27.5 Å². The third-order valence-corrected chi connectivity index (χ3v) is 10.2. The van der Waals surface area contributed by atoms with Crippen LogP contribution in [0.2, 0.25) is 5.04 Å². The van der Waals surface area contributed by atoms with Gasteiger partial charge in [0.25, 0.3) is 8.32 Å². The third kappa shape index (κ3) is 4.83. The van der Waals surface area contributed by atoms with E-state index >= 15 is 0 Å². The summed E-state index contributed by atoms with van der Waals surface area (Å²) in [5.74, 6) is -0.653. The van der Waals surface area contributed by atoms with Gasteiger partial charge >= 0.3 is 5.69 Å². The number of rotatable bonds is 8. The largest absolute Gasteiger partial charge is 0.491 e. The molecule has 7 heteroatoms. The van der Waals surface area contributed by atoms with Gasteiger partial charge in [0.15, 0.2) is 0 Å². The van der Waals surface area contributed by atoms with Gasteiger partial charge in [-0.25, -0.2) is 0 Å². The van der Waals surface area contributed by atoms with Crippen LogP contribution in [0.4, 0.5) is 10.1 Å². The van der Waals surface area contributed by atoms with Crippen molar-refractivity contribution in [2.45, 2.75) is 25.8 Å². The zero-order chi connectivity index (χ0) is 22.5. The van der Waals surface area contributed by atoms with E-state index in [0.717, 1.165) is 22.5 Å². The molecule has 0 aliphatic rings. The molecule has 0 aromatic heterocycles. The Morgan fingerprint density at radius 2 is 1.45 bits per heavy atom. The lowest BCUT2D eigenvalue weighted by molar-refractivity contribution is -0.387. The van der Waals surface area contributed by atoms with Crippen LogP contribution in [0.5, 0.6) is 5.75 Å². The molecule has 0 atom stereocenters. The zero-order valence-corrected chi connectivity index (χ0v) is 18.9. The molecule has 5 nitrogen and oxygen atoms in total. The average Bonchev–Trinajstić information content (AvgIpc) is 2.75. The van der Waals surface area contributed by atoms with Crippen LogP contribution in [-0.2, 0) is 4.43 Å². The molecule has 0 heterocycles.